The summed E-state index contributed by atoms with van der Waals surface area (Å²) in [6, 6.07) is 0. The molecule has 0 unspecified atom stereocenters. The van der Waals surface area contributed by atoms with E-state index >= 15 is 0 Å². The highest BCUT2D eigenvalue weighted by molar-refractivity contribution is 5.67. The molecule has 0 aromatic rings. The van der Waals surface area contributed by atoms with E-state index in [1.807, 2.05) is 13.8 Å². The summed E-state index contributed by atoms with van der Waals surface area (Å²) < 4.78 is 9.68. The zero-order chi connectivity index (χ0) is 15.1. The van der Waals surface area contributed by atoms with Gasteiger partial charge in [-0.05, 0) is 25.9 Å². The smallest absolute Gasteiger partial charge is 0.407 e. The van der Waals surface area contributed by atoms with Crippen LogP contribution >= 0.6 is 0 Å². The van der Waals surface area contributed by atoms with Crippen LogP contribution in [0.25, 0.3) is 0 Å². The fraction of sp³-hybridized carbons (Fsp3) is 0.846. The second-order valence-electron chi connectivity index (χ2n) is 4.19. The van der Waals surface area contributed by atoms with Crippen LogP contribution in [-0.2, 0) is 9.47 Å². The number of ether oxygens (including phenoxy) is 2. The lowest BCUT2D eigenvalue weighted by Crippen LogP contribution is -2.30. The van der Waals surface area contributed by atoms with Gasteiger partial charge in [0.1, 0.15) is 13.2 Å². The van der Waals surface area contributed by atoms with Gasteiger partial charge in [-0.25, -0.2) is 9.59 Å². The highest BCUT2D eigenvalue weighted by Crippen LogP contribution is 1.86. The lowest BCUT2D eigenvalue weighted by Gasteiger charge is -2.08. The van der Waals surface area contributed by atoms with Crippen LogP contribution in [0.4, 0.5) is 9.59 Å². The van der Waals surface area contributed by atoms with Crippen LogP contribution in [0.5, 0.6) is 0 Å². The molecule has 0 aliphatic rings. The number of unbranched alkanes of at least 4 members (excludes halogenated alkanes) is 1. The van der Waals surface area contributed by atoms with E-state index < -0.39 is 12.2 Å². The van der Waals surface area contributed by atoms with Crippen LogP contribution in [0.1, 0.15) is 33.1 Å². The molecule has 0 fully saturated rings. The van der Waals surface area contributed by atoms with Crippen molar-refractivity contribution in [3.05, 3.63) is 0 Å². The van der Waals surface area contributed by atoms with Gasteiger partial charge in [0.05, 0.1) is 0 Å². The minimum absolute atomic E-state index is 0.0558. The fourth-order valence-electron chi connectivity index (χ4n) is 1.32. The second kappa shape index (κ2) is 13.9. The summed E-state index contributed by atoms with van der Waals surface area (Å²) >= 11 is 0. The number of rotatable bonds is 11. The number of alkyl carbamates (subject to hydrolysis) is 2. The van der Waals surface area contributed by atoms with E-state index in [0.717, 1.165) is 32.4 Å². The SMILES string of the molecule is CCCCNC(=O)OCCOC(=O)NCCCNCC. The third kappa shape index (κ3) is 12.9. The quantitative estimate of drug-likeness (QED) is 0.498. The Morgan fingerprint density at radius 3 is 1.90 bits per heavy atom. The maximum Gasteiger partial charge on any atom is 0.407 e. The van der Waals surface area contributed by atoms with E-state index in [0.29, 0.717) is 13.1 Å². The molecular weight excluding hydrogens is 262 g/mol. The Morgan fingerprint density at radius 1 is 0.850 bits per heavy atom. The van der Waals surface area contributed by atoms with Gasteiger partial charge in [0.2, 0.25) is 0 Å². The zero-order valence-corrected chi connectivity index (χ0v) is 12.5. The maximum atomic E-state index is 11.2. The molecule has 0 heterocycles. The van der Waals surface area contributed by atoms with Crippen LogP contribution in [-0.4, -0.2) is 51.6 Å². The predicted molar refractivity (Wildman–Crippen MR) is 76.8 cm³/mol. The zero-order valence-electron chi connectivity index (χ0n) is 12.5. The molecular formula is C13H27N3O4. The summed E-state index contributed by atoms with van der Waals surface area (Å²) in [5.41, 5.74) is 0. The number of hydrogen-bond acceptors (Lipinski definition) is 5. The molecule has 118 valence electrons. The molecule has 0 aliphatic carbocycles. The average molecular weight is 289 g/mol. The van der Waals surface area contributed by atoms with Gasteiger partial charge < -0.3 is 25.4 Å². The molecule has 0 aromatic heterocycles. The number of amides is 2. The first-order valence-electron chi connectivity index (χ1n) is 7.22. The standard InChI is InChI=1S/C13H27N3O4/c1-3-5-8-15-12(17)19-10-11-20-13(18)16-9-6-7-14-4-2/h14H,3-11H2,1-2H3,(H,15,17)(H,16,18). The minimum Gasteiger partial charge on any atom is -0.446 e. The van der Waals surface area contributed by atoms with Crippen LogP contribution in [0, 0.1) is 0 Å². The van der Waals surface area contributed by atoms with Gasteiger partial charge in [-0.3, -0.25) is 0 Å². The molecule has 7 nitrogen and oxygen atoms in total. The highest BCUT2D eigenvalue weighted by Gasteiger charge is 2.03. The van der Waals surface area contributed by atoms with Gasteiger partial charge in [0, 0.05) is 13.1 Å². The van der Waals surface area contributed by atoms with Crippen LogP contribution < -0.4 is 16.0 Å². The first kappa shape index (κ1) is 18.5. The molecule has 0 bridgehead atoms. The van der Waals surface area contributed by atoms with E-state index in [9.17, 15) is 9.59 Å². The van der Waals surface area contributed by atoms with Gasteiger partial charge in [0.15, 0.2) is 0 Å². The van der Waals surface area contributed by atoms with Gasteiger partial charge >= 0.3 is 12.2 Å². The number of nitrogens with one attached hydrogen (secondary N) is 3. The van der Waals surface area contributed by atoms with Crippen LogP contribution in [0.3, 0.4) is 0 Å². The van der Waals surface area contributed by atoms with Gasteiger partial charge in [-0.15, -0.1) is 0 Å². The molecule has 7 heteroatoms. The Bertz CT molecular complexity index is 262. The Kier molecular flexibility index (Phi) is 12.9. The van der Waals surface area contributed by atoms with Crippen molar-refractivity contribution in [2.24, 2.45) is 0 Å². The molecule has 0 spiro atoms. The first-order valence-corrected chi connectivity index (χ1v) is 7.22. The highest BCUT2D eigenvalue weighted by atomic mass is 16.6. The molecule has 3 N–H and O–H groups in total. The largest absolute Gasteiger partial charge is 0.446 e. The van der Waals surface area contributed by atoms with Crippen molar-refractivity contribution in [1.29, 1.82) is 0 Å². The Labute approximate surface area is 120 Å². The number of carbonyl (C=O) groups is 2. The van der Waals surface area contributed by atoms with Crippen molar-refractivity contribution < 1.29 is 19.1 Å². The summed E-state index contributed by atoms with van der Waals surface area (Å²) in [4.78, 5) is 22.4. The molecule has 0 atom stereocenters. The Hall–Kier alpha value is -1.50. The summed E-state index contributed by atoms with van der Waals surface area (Å²) in [5, 5.41) is 8.37. The summed E-state index contributed by atoms with van der Waals surface area (Å²) in [7, 11) is 0. The van der Waals surface area contributed by atoms with E-state index in [2.05, 4.69) is 16.0 Å². The summed E-state index contributed by atoms with van der Waals surface area (Å²) in [6.45, 7) is 7.12. The molecule has 2 amide bonds. The van der Waals surface area contributed by atoms with Crippen molar-refractivity contribution in [2.75, 3.05) is 39.4 Å². The predicted octanol–water partition coefficient (Wildman–Crippen LogP) is 1.24. The molecule has 0 saturated carbocycles. The number of hydrogen-bond donors (Lipinski definition) is 3. The van der Waals surface area contributed by atoms with Gasteiger partial charge in [-0.2, -0.15) is 0 Å². The van der Waals surface area contributed by atoms with Gasteiger partial charge in [-0.1, -0.05) is 20.3 Å². The Balaban J connectivity index is 3.32. The van der Waals surface area contributed by atoms with Crippen molar-refractivity contribution in [1.82, 2.24) is 16.0 Å². The van der Waals surface area contributed by atoms with E-state index in [1.165, 1.54) is 0 Å². The van der Waals surface area contributed by atoms with Crippen LogP contribution in [0.15, 0.2) is 0 Å². The van der Waals surface area contributed by atoms with E-state index in [1.54, 1.807) is 0 Å². The average Bonchev–Trinajstić information content (AvgIpc) is 2.44. The fourth-order valence-corrected chi connectivity index (χ4v) is 1.32. The van der Waals surface area contributed by atoms with Crippen molar-refractivity contribution in [2.45, 2.75) is 33.1 Å². The molecule has 20 heavy (non-hydrogen) atoms. The molecule has 0 aromatic carbocycles. The molecule has 0 rings (SSSR count). The first-order chi connectivity index (χ1) is 9.70. The number of carbonyl (C=O) groups excluding carboxylic acids is 2. The molecule has 0 aliphatic heterocycles. The van der Waals surface area contributed by atoms with Crippen molar-refractivity contribution >= 4 is 12.2 Å². The van der Waals surface area contributed by atoms with Crippen LogP contribution in [0.2, 0.25) is 0 Å². The van der Waals surface area contributed by atoms with Gasteiger partial charge in [0.25, 0.3) is 0 Å². The monoisotopic (exact) mass is 289 g/mol. The Morgan fingerprint density at radius 2 is 1.40 bits per heavy atom. The minimum atomic E-state index is -0.489. The second-order valence-corrected chi connectivity index (χ2v) is 4.19. The van der Waals surface area contributed by atoms with E-state index in [-0.39, 0.29) is 13.2 Å². The third-order valence-electron chi connectivity index (χ3n) is 2.40. The third-order valence-corrected chi connectivity index (χ3v) is 2.40. The molecule has 0 saturated heterocycles. The summed E-state index contributed by atoms with van der Waals surface area (Å²) in [5.74, 6) is 0. The summed E-state index contributed by atoms with van der Waals surface area (Å²) in [6.07, 6.45) is 1.81. The van der Waals surface area contributed by atoms with Crippen molar-refractivity contribution in [3.8, 4) is 0 Å². The maximum absolute atomic E-state index is 11.2. The van der Waals surface area contributed by atoms with Crippen molar-refractivity contribution in [3.63, 3.8) is 0 Å². The topological polar surface area (TPSA) is 88.7 Å². The van der Waals surface area contributed by atoms with E-state index in [4.69, 9.17) is 9.47 Å². The lowest BCUT2D eigenvalue weighted by molar-refractivity contribution is 0.0957. The normalized spacial score (nSPS) is 9.90. The lowest BCUT2D eigenvalue weighted by atomic mass is 10.3. The molecule has 0 radical (unpaired) electrons.